The molecule has 0 saturated carbocycles. The SMILES string of the molecule is O=C(O)c1ccc(NC(=O)c2cc(I)ccc2Br)nc1. The third kappa shape index (κ3) is 3.54. The molecule has 1 heterocycles. The van der Waals surface area contributed by atoms with Crippen LogP contribution in [0.25, 0.3) is 0 Å². The van der Waals surface area contributed by atoms with Gasteiger partial charge in [0.05, 0.1) is 11.1 Å². The zero-order valence-electron chi connectivity index (χ0n) is 9.93. The highest BCUT2D eigenvalue weighted by atomic mass is 127. The Kier molecular flexibility index (Phi) is 4.71. The number of carboxylic acids is 1. The number of pyridine rings is 1. The number of rotatable bonds is 3. The first kappa shape index (κ1) is 14.9. The van der Waals surface area contributed by atoms with Gasteiger partial charge in [0.15, 0.2) is 0 Å². The number of aromatic nitrogens is 1. The molecule has 20 heavy (non-hydrogen) atoms. The minimum absolute atomic E-state index is 0.0680. The molecule has 5 nitrogen and oxygen atoms in total. The molecule has 0 saturated heterocycles. The highest BCUT2D eigenvalue weighted by Crippen LogP contribution is 2.20. The molecule has 0 atom stereocenters. The van der Waals surface area contributed by atoms with E-state index < -0.39 is 5.97 Å². The van der Waals surface area contributed by atoms with Crippen LogP contribution in [0, 0.1) is 3.57 Å². The van der Waals surface area contributed by atoms with E-state index in [1.54, 1.807) is 12.1 Å². The van der Waals surface area contributed by atoms with Crippen molar-refractivity contribution in [2.24, 2.45) is 0 Å². The molecule has 102 valence electrons. The highest BCUT2D eigenvalue weighted by Gasteiger charge is 2.12. The maximum Gasteiger partial charge on any atom is 0.337 e. The number of halogens is 2. The van der Waals surface area contributed by atoms with Gasteiger partial charge in [-0.2, -0.15) is 0 Å². The zero-order valence-corrected chi connectivity index (χ0v) is 13.7. The van der Waals surface area contributed by atoms with Gasteiger partial charge in [-0.05, 0) is 68.9 Å². The van der Waals surface area contributed by atoms with Crippen LogP contribution in [0.3, 0.4) is 0 Å². The summed E-state index contributed by atoms with van der Waals surface area (Å²) in [5, 5.41) is 11.4. The van der Waals surface area contributed by atoms with Crippen molar-refractivity contribution < 1.29 is 14.7 Å². The number of anilines is 1. The van der Waals surface area contributed by atoms with E-state index in [2.05, 4.69) is 48.8 Å². The van der Waals surface area contributed by atoms with Gasteiger partial charge in [0.1, 0.15) is 5.82 Å². The van der Waals surface area contributed by atoms with Crippen molar-refractivity contribution >= 4 is 56.2 Å². The molecule has 0 fully saturated rings. The number of hydrogen-bond acceptors (Lipinski definition) is 3. The zero-order chi connectivity index (χ0) is 14.7. The molecule has 0 aliphatic heterocycles. The Bertz CT molecular complexity index is 674. The number of nitrogens with one attached hydrogen (secondary N) is 1. The summed E-state index contributed by atoms with van der Waals surface area (Å²) in [5.41, 5.74) is 0.555. The first-order valence-corrected chi connectivity index (χ1v) is 7.30. The molecule has 7 heteroatoms. The van der Waals surface area contributed by atoms with E-state index in [4.69, 9.17) is 5.11 Å². The van der Waals surface area contributed by atoms with E-state index in [0.29, 0.717) is 15.9 Å². The van der Waals surface area contributed by atoms with Gasteiger partial charge in [-0.25, -0.2) is 9.78 Å². The quantitative estimate of drug-likeness (QED) is 0.708. The van der Waals surface area contributed by atoms with Crippen molar-refractivity contribution in [3.63, 3.8) is 0 Å². The van der Waals surface area contributed by atoms with Crippen LogP contribution in [0.1, 0.15) is 20.7 Å². The smallest absolute Gasteiger partial charge is 0.337 e. The fourth-order valence-electron chi connectivity index (χ4n) is 1.45. The molecule has 2 aromatic rings. The summed E-state index contributed by atoms with van der Waals surface area (Å²) >= 11 is 5.43. The molecule has 2 rings (SSSR count). The topological polar surface area (TPSA) is 79.3 Å². The molecule has 0 bridgehead atoms. The highest BCUT2D eigenvalue weighted by molar-refractivity contribution is 14.1. The van der Waals surface area contributed by atoms with Crippen LogP contribution in [0.2, 0.25) is 0 Å². The van der Waals surface area contributed by atoms with Gasteiger partial charge in [-0.1, -0.05) is 0 Å². The Morgan fingerprint density at radius 1 is 1.25 bits per heavy atom. The number of aromatic carboxylic acids is 1. The number of nitrogens with zero attached hydrogens (tertiary/aromatic N) is 1. The molecule has 1 aromatic carbocycles. The molecule has 0 unspecified atom stereocenters. The number of amides is 1. The van der Waals surface area contributed by atoms with Crippen LogP contribution in [-0.2, 0) is 0 Å². The monoisotopic (exact) mass is 446 g/mol. The third-order valence-corrected chi connectivity index (χ3v) is 3.79. The van der Waals surface area contributed by atoms with Crippen molar-refractivity contribution in [2.45, 2.75) is 0 Å². The maximum absolute atomic E-state index is 12.1. The van der Waals surface area contributed by atoms with Crippen LogP contribution in [0.4, 0.5) is 5.82 Å². The largest absolute Gasteiger partial charge is 0.478 e. The lowest BCUT2D eigenvalue weighted by Crippen LogP contribution is -2.14. The first-order valence-electron chi connectivity index (χ1n) is 5.43. The molecule has 0 spiro atoms. The number of carboxylic acid groups (broad SMARTS) is 1. The molecule has 0 radical (unpaired) electrons. The lowest BCUT2D eigenvalue weighted by molar-refractivity contribution is 0.0696. The van der Waals surface area contributed by atoms with Gasteiger partial charge < -0.3 is 10.4 Å². The van der Waals surface area contributed by atoms with Crippen LogP contribution >= 0.6 is 38.5 Å². The standard InChI is InChI=1S/C13H8BrIN2O3/c14-10-3-2-8(15)5-9(10)12(18)17-11-4-1-7(6-16-11)13(19)20/h1-6H,(H,19,20)(H,16,17,18). The van der Waals surface area contributed by atoms with Crippen molar-refractivity contribution in [3.05, 3.63) is 55.7 Å². The second-order valence-corrected chi connectivity index (χ2v) is 5.92. The second-order valence-electron chi connectivity index (χ2n) is 3.82. The fraction of sp³-hybridized carbons (Fsp3) is 0. The van der Waals surface area contributed by atoms with Crippen LogP contribution in [0.15, 0.2) is 41.0 Å². The van der Waals surface area contributed by atoms with E-state index in [0.717, 1.165) is 3.57 Å². The summed E-state index contributed by atoms with van der Waals surface area (Å²) in [6.45, 7) is 0. The van der Waals surface area contributed by atoms with Gasteiger partial charge >= 0.3 is 5.97 Å². The Morgan fingerprint density at radius 3 is 2.60 bits per heavy atom. The molecule has 0 aliphatic carbocycles. The summed E-state index contributed by atoms with van der Waals surface area (Å²) in [5.74, 6) is -1.08. The van der Waals surface area contributed by atoms with Crippen molar-refractivity contribution in [1.29, 1.82) is 0 Å². The Balaban J connectivity index is 2.19. The molecular weight excluding hydrogens is 439 g/mol. The van der Waals surface area contributed by atoms with Gasteiger partial charge in [0.25, 0.3) is 5.91 Å². The van der Waals surface area contributed by atoms with Crippen LogP contribution in [-0.4, -0.2) is 22.0 Å². The second kappa shape index (κ2) is 6.31. The lowest BCUT2D eigenvalue weighted by Gasteiger charge is -2.07. The summed E-state index contributed by atoms with van der Waals surface area (Å²) in [6, 6.07) is 8.24. The normalized spacial score (nSPS) is 10.1. The predicted octanol–water partition coefficient (Wildman–Crippen LogP) is 3.40. The third-order valence-electron chi connectivity index (χ3n) is 2.43. The number of benzene rings is 1. The Labute approximate surface area is 136 Å². The van der Waals surface area contributed by atoms with Crippen molar-refractivity contribution in [2.75, 3.05) is 5.32 Å². The Morgan fingerprint density at radius 2 is 2.00 bits per heavy atom. The van der Waals surface area contributed by atoms with E-state index in [1.165, 1.54) is 18.3 Å². The van der Waals surface area contributed by atoms with Crippen LogP contribution < -0.4 is 5.32 Å². The van der Waals surface area contributed by atoms with Gasteiger partial charge in [0.2, 0.25) is 0 Å². The number of hydrogen-bond donors (Lipinski definition) is 2. The average Bonchev–Trinajstić information content (AvgIpc) is 2.42. The molecule has 1 aromatic heterocycles. The predicted molar refractivity (Wildman–Crippen MR) is 86.0 cm³/mol. The summed E-state index contributed by atoms with van der Waals surface area (Å²) in [6.07, 6.45) is 1.20. The van der Waals surface area contributed by atoms with Crippen LogP contribution in [0.5, 0.6) is 0 Å². The molecule has 1 amide bonds. The minimum atomic E-state index is -1.06. The lowest BCUT2D eigenvalue weighted by atomic mass is 10.2. The van der Waals surface area contributed by atoms with E-state index in [1.807, 2.05) is 6.07 Å². The minimum Gasteiger partial charge on any atom is -0.478 e. The summed E-state index contributed by atoms with van der Waals surface area (Å²) in [7, 11) is 0. The molecule has 0 aliphatic rings. The average molecular weight is 447 g/mol. The van der Waals surface area contributed by atoms with E-state index in [9.17, 15) is 9.59 Å². The summed E-state index contributed by atoms with van der Waals surface area (Å²) in [4.78, 5) is 26.7. The maximum atomic E-state index is 12.1. The van der Waals surface area contributed by atoms with Gasteiger partial charge in [0, 0.05) is 14.2 Å². The van der Waals surface area contributed by atoms with E-state index in [-0.39, 0.29) is 11.5 Å². The number of carbonyl (C=O) groups is 2. The summed E-state index contributed by atoms with van der Waals surface area (Å²) < 4.78 is 1.61. The Hall–Kier alpha value is -1.48. The van der Waals surface area contributed by atoms with Crippen molar-refractivity contribution in [1.82, 2.24) is 4.98 Å². The van der Waals surface area contributed by atoms with Gasteiger partial charge in [-0.3, -0.25) is 4.79 Å². The van der Waals surface area contributed by atoms with Crippen molar-refractivity contribution in [3.8, 4) is 0 Å². The molecular formula is C13H8BrIN2O3. The molecule has 2 N–H and O–H groups in total. The fourth-order valence-corrected chi connectivity index (χ4v) is 2.37. The van der Waals surface area contributed by atoms with E-state index >= 15 is 0 Å². The number of carbonyl (C=O) groups excluding carboxylic acids is 1. The first-order chi connectivity index (χ1) is 9.47. The van der Waals surface area contributed by atoms with Gasteiger partial charge in [-0.15, -0.1) is 0 Å².